The van der Waals surface area contributed by atoms with Crippen molar-refractivity contribution >= 4 is 11.6 Å². The van der Waals surface area contributed by atoms with Gasteiger partial charge in [-0.1, -0.05) is 17.7 Å². The van der Waals surface area contributed by atoms with Crippen molar-refractivity contribution in [1.82, 2.24) is 4.98 Å². The molecule has 1 heterocycles. The number of aryl methyl sites for hydroxylation is 1. The van der Waals surface area contributed by atoms with Crippen LogP contribution >= 0.6 is 11.6 Å². The van der Waals surface area contributed by atoms with Crippen molar-refractivity contribution in [2.75, 3.05) is 0 Å². The second kappa shape index (κ2) is 4.86. The average Bonchev–Trinajstić information content (AvgIpc) is 2.32. The normalized spacial score (nSPS) is 9.71. The van der Waals surface area contributed by atoms with Crippen LogP contribution in [0.1, 0.15) is 11.3 Å². The standard InChI is InChI=1S/C13H9ClN2O/c1-9-12(6-3-7-16-9)17-13-5-2-4-11(14)10(13)8-15/h2-7H,1H3. The van der Waals surface area contributed by atoms with E-state index in [9.17, 15) is 0 Å². The molecule has 0 aliphatic heterocycles. The lowest BCUT2D eigenvalue weighted by Gasteiger charge is -2.09. The first-order chi connectivity index (χ1) is 8.22. The number of hydrogen-bond donors (Lipinski definition) is 0. The highest BCUT2D eigenvalue weighted by Crippen LogP contribution is 2.30. The maximum atomic E-state index is 9.02. The molecule has 0 bridgehead atoms. The largest absolute Gasteiger partial charge is 0.454 e. The zero-order chi connectivity index (χ0) is 12.3. The van der Waals surface area contributed by atoms with E-state index in [-0.39, 0.29) is 0 Å². The maximum Gasteiger partial charge on any atom is 0.148 e. The van der Waals surface area contributed by atoms with Gasteiger partial charge in [0.2, 0.25) is 0 Å². The van der Waals surface area contributed by atoms with Crippen LogP contribution in [0.25, 0.3) is 0 Å². The highest BCUT2D eigenvalue weighted by molar-refractivity contribution is 6.31. The molecule has 84 valence electrons. The number of ether oxygens (including phenoxy) is 1. The molecule has 1 aromatic carbocycles. The topological polar surface area (TPSA) is 45.9 Å². The first-order valence-corrected chi connectivity index (χ1v) is 5.38. The predicted octanol–water partition coefficient (Wildman–Crippen LogP) is 3.71. The lowest BCUT2D eigenvalue weighted by Crippen LogP contribution is -1.92. The molecule has 3 nitrogen and oxygen atoms in total. The number of hydrogen-bond acceptors (Lipinski definition) is 3. The molecule has 0 aliphatic carbocycles. The molecule has 0 unspecified atom stereocenters. The molecule has 1 aromatic heterocycles. The highest BCUT2D eigenvalue weighted by Gasteiger charge is 2.09. The molecule has 2 rings (SSSR count). The molecule has 17 heavy (non-hydrogen) atoms. The minimum atomic E-state index is 0.331. The summed E-state index contributed by atoms with van der Waals surface area (Å²) in [4.78, 5) is 4.11. The van der Waals surface area contributed by atoms with Crippen LogP contribution in [0.3, 0.4) is 0 Å². The van der Waals surface area contributed by atoms with Crippen LogP contribution in [0.2, 0.25) is 5.02 Å². The van der Waals surface area contributed by atoms with Crippen LogP contribution in [-0.4, -0.2) is 4.98 Å². The van der Waals surface area contributed by atoms with Crippen molar-refractivity contribution < 1.29 is 4.74 Å². The molecule has 4 heteroatoms. The van der Waals surface area contributed by atoms with Crippen LogP contribution in [0.5, 0.6) is 11.5 Å². The average molecular weight is 245 g/mol. The van der Waals surface area contributed by atoms with Crippen molar-refractivity contribution in [3.05, 3.63) is 52.8 Å². The van der Waals surface area contributed by atoms with E-state index in [0.717, 1.165) is 5.69 Å². The minimum Gasteiger partial charge on any atom is -0.454 e. The summed E-state index contributed by atoms with van der Waals surface area (Å²) in [6, 6.07) is 10.7. The third kappa shape index (κ3) is 2.38. The van der Waals surface area contributed by atoms with Crippen LogP contribution < -0.4 is 4.74 Å². The number of pyridine rings is 1. The SMILES string of the molecule is Cc1ncccc1Oc1cccc(Cl)c1C#N. The Morgan fingerprint density at radius 1 is 1.24 bits per heavy atom. The lowest BCUT2D eigenvalue weighted by atomic mass is 10.2. The summed E-state index contributed by atoms with van der Waals surface area (Å²) < 4.78 is 5.64. The third-order valence-corrected chi connectivity index (χ3v) is 2.58. The number of nitrogens with zero attached hydrogens (tertiary/aromatic N) is 2. The molecular weight excluding hydrogens is 236 g/mol. The Bertz CT molecular complexity index is 590. The Morgan fingerprint density at radius 2 is 2.00 bits per heavy atom. The van der Waals surface area contributed by atoms with Gasteiger partial charge in [-0.25, -0.2) is 0 Å². The fraction of sp³-hybridized carbons (Fsp3) is 0.0769. The number of rotatable bonds is 2. The fourth-order valence-corrected chi connectivity index (χ4v) is 1.60. The Hall–Kier alpha value is -2.05. The first-order valence-electron chi connectivity index (χ1n) is 5.00. The van der Waals surface area contributed by atoms with Gasteiger partial charge in [0.25, 0.3) is 0 Å². The van der Waals surface area contributed by atoms with Gasteiger partial charge in [-0.05, 0) is 31.2 Å². The zero-order valence-electron chi connectivity index (χ0n) is 9.14. The number of aromatic nitrogens is 1. The first kappa shape index (κ1) is 11.4. The smallest absolute Gasteiger partial charge is 0.148 e. The Kier molecular flexibility index (Phi) is 3.27. The number of halogens is 1. The van der Waals surface area contributed by atoms with Gasteiger partial charge in [-0.2, -0.15) is 5.26 Å². The van der Waals surface area contributed by atoms with Crippen LogP contribution in [0.15, 0.2) is 36.5 Å². The maximum absolute atomic E-state index is 9.02. The molecule has 0 spiro atoms. The molecule has 2 aromatic rings. The summed E-state index contributed by atoms with van der Waals surface area (Å²) in [6.07, 6.45) is 1.69. The second-order valence-electron chi connectivity index (χ2n) is 3.41. The van der Waals surface area contributed by atoms with E-state index in [4.69, 9.17) is 21.6 Å². The van der Waals surface area contributed by atoms with Crippen molar-refractivity contribution in [2.45, 2.75) is 6.92 Å². The molecule has 0 radical (unpaired) electrons. The Labute approximate surface area is 104 Å². The van der Waals surface area contributed by atoms with E-state index >= 15 is 0 Å². The molecule has 0 saturated heterocycles. The van der Waals surface area contributed by atoms with Crippen molar-refractivity contribution in [3.63, 3.8) is 0 Å². The van der Waals surface area contributed by atoms with E-state index < -0.39 is 0 Å². The molecular formula is C13H9ClN2O. The highest BCUT2D eigenvalue weighted by atomic mass is 35.5. The quantitative estimate of drug-likeness (QED) is 0.809. The van der Waals surface area contributed by atoms with E-state index in [0.29, 0.717) is 22.1 Å². The number of nitriles is 1. The minimum absolute atomic E-state index is 0.331. The summed E-state index contributed by atoms with van der Waals surface area (Å²) in [5.41, 5.74) is 1.09. The molecule has 0 atom stereocenters. The van der Waals surface area contributed by atoms with Gasteiger partial charge >= 0.3 is 0 Å². The summed E-state index contributed by atoms with van der Waals surface area (Å²) in [5.74, 6) is 1.06. The molecule has 0 amide bonds. The van der Waals surface area contributed by atoms with E-state index in [1.807, 2.05) is 13.0 Å². The van der Waals surface area contributed by atoms with Gasteiger partial charge in [0.1, 0.15) is 23.1 Å². The molecule has 0 fully saturated rings. The molecule has 0 saturated carbocycles. The van der Waals surface area contributed by atoms with Gasteiger partial charge < -0.3 is 4.74 Å². The van der Waals surface area contributed by atoms with Gasteiger partial charge in [-0.3, -0.25) is 4.98 Å². The van der Waals surface area contributed by atoms with Gasteiger partial charge in [0, 0.05) is 6.20 Å². The van der Waals surface area contributed by atoms with Crippen LogP contribution in [0.4, 0.5) is 0 Å². The third-order valence-electron chi connectivity index (χ3n) is 2.27. The van der Waals surface area contributed by atoms with Crippen molar-refractivity contribution in [2.24, 2.45) is 0 Å². The van der Waals surface area contributed by atoms with Crippen LogP contribution in [-0.2, 0) is 0 Å². The monoisotopic (exact) mass is 244 g/mol. The Morgan fingerprint density at radius 3 is 2.71 bits per heavy atom. The van der Waals surface area contributed by atoms with Gasteiger partial charge in [0.05, 0.1) is 10.7 Å². The zero-order valence-corrected chi connectivity index (χ0v) is 9.90. The van der Waals surface area contributed by atoms with Gasteiger partial charge in [-0.15, -0.1) is 0 Å². The van der Waals surface area contributed by atoms with Crippen LogP contribution in [0, 0.1) is 18.3 Å². The summed E-state index contributed by atoms with van der Waals surface area (Å²) >= 11 is 5.92. The van der Waals surface area contributed by atoms with Crippen molar-refractivity contribution in [3.8, 4) is 17.6 Å². The Balaban J connectivity index is 2.41. The van der Waals surface area contributed by atoms with Gasteiger partial charge in [0.15, 0.2) is 0 Å². The van der Waals surface area contributed by atoms with E-state index in [1.54, 1.807) is 36.5 Å². The predicted molar refractivity (Wildman–Crippen MR) is 65.2 cm³/mol. The van der Waals surface area contributed by atoms with E-state index in [1.165, 1.54) is 0 Å². The second-order valence-corrected chi connectivity index (χ2v) is 3.82. The lowest BCUT2D eigenvalue weighted by molar-refractivity contribution is 0.474. The summed E-state index contributed by atoms with van der Waals surface area (Å²) in [7, 11) is 0. The molecule has 0 aliphatic rings. The van der Waals surface area contributed by atoms with Crippen molar-refractivity contribution in [1.29, 1.82) is 5.26 Å². The summed E-state index contributed by atoms with van der Waals surface area (Å²) in [6.45, 7) is 1.84. The van der Waals surface area contributed by atoms with E-state index in [2.05, 4.69) is 4.98 Å². The number of benzene rings is 1. The molecule has 0 N–H and O–H groups in total. The fourth-order valence-electron chi connectivity index (χ4n) is 1.39. The summed E-state index contributed by atoms with van der Waals surface area (Å²) in [5, 5.41) is 9.40.